The number of piperidine rings is 1. The summed E-state index contributed by atoms with van der Waals surface area (Å²) in [6, 6.07) is 10.4. The van der Waals surface area contributed by atoms with Crippen LogP contribution >= 0.6 is 0 Å². The number of nitrogens with one attached hydrogen (secondary N) is 1. The molecule has 1 aromatic heterocycles. The highest BCUT2D eigenvalue weighted by Gasteiger charge is 2.20. The van der Waals surface area contributed by atoms with E-state index >= 15 is 0 Å². The first kappa shape index (κ1) is 14.0. The molecule has 1 saturated heterocycles. The molecule has 1 N–H and O–H groups in total. The third-order valence-corrected chi connectivity index (χ3v) is 3.93. The second-order valence-corrected chi connectivity index (χ2v) is 5.51. The zero-order valence-corrected chi connectivity index (χ0v) is 12.4. The van der Waals surface area contributed by atoms with E-state index in [1.807, 2.05) is 30.3 Å². The fraction of sp³-hybridized carbons (Fsp3) is 0.533. The monoisotopic (exact) mass is 286 g/mol. The predicted molar refractivity (Wildman–Crippen MR) is 82.5 cm³/mol. The fourth-order valence-electron chi connectivity index (χ4n) is 2.82. The van der Waals surface area contributed by atoms with E-state index in [9.17, 15) is 0 Å². The van der Waals surface area contributed by atoms with Crippen LogP contribution in [0.2, 0.25) is 0 Å². The summed E-state index contributed by atoms with van der Waals surface area (Å²) in [6.07, 6.45) is 3.51. The normalized spacial score (nSPS) is 17.0. The molecule has 1 aromatic carbocycles. The molecule has 1 aliphatic rings. The van der Waals surface area contributed by atoms with E-state index in [4.69, 9.17) is 0 Å². The summed E-state index contributed by atoms with van der Waals surface area (Å²) in [6.45, 7) is 5.74. The third kappa shape index (κ3) is 3.39. The Kier molecular flexibility index (Phi) is 4.45. The number of anilines is 1. The quantitative estimate of drug-likeness (QED) is 0.910. The summed E-state index contributed by atoms with van der Waals surface area (Å²) in [4.78, 5) is 2.53. The minimum Gasteiger partial charge on any atom is -0.350 e. The van der Waals surface area contributed by atoms with E-state index < -0.39 is 0 Å². The number of nitrogens with zero attached hydrogens (tertiary/aromatic N) is 5. The van der Waals surface area contributed by atoms with E-state index in [-0.39, 0.29) is 0 Å². The van der Waals surface area contributed by atoms with E-state index in [1.54, 1.807) is 4.68 Å². The molecule has 3 rings (SSSR count). The standard InChI is InChI=1S/C15H22N6/c1-2-10-20-11-8-13(9-12-20)16-15-17-18-19-21(15)14-6-4-3-5-7-14/h3-7,13H,2,8-12H2,1H3,(H,16,17,19). The highest BCUT2D eigenvalue weighted by Crippen LogP contribution is 2.17. The Morgan fingerprint density at radius 1 is 1.19 bits per heavy atom. The van der Waals surface area contributed by atoms with Crippen LogP contribution in [-0.4, -0.2) is 50.8 Å². The third-order valence-electron chi connectivity index (χ3n) is 3.93. The first-order valence-corrected chi connectivity index (χ1v) is 7.69. The van der Waals surface area contributed by atoms with Gasteiger partial charge in [0.1, 0.15) is 0 Å². The van der Waals surface area contributed by atoms with Crippen LogP contribution in [0.3, 0.4) is 0 Å². The molecule has 6 heteroatoms. The van der Waals surface area contributed by atoms with Crippen molar-refractivity contribution in [3.8, 4) is 5.69 Å². The highest BCUT2D eigenvalue weighted by atomic mass is 15.6. The summed E-state index contributed by atoms with van der Waals surface area (Å²) >= 11 is 0. The van der Waals surface area contributed by atoms with Gasteiger partial charge in [0.05, 0.1) is 5.69 Å². The van der Waals surface area contributed by atoms with Gasteiger partial charge in [-0.15, -0.1) is 0 Å². The Hall–Kier alpha value is -1.95. The van der Waals surface area contributed by atoms with E-state index in [0.29, 0.717) is 6.04 Å². The van der Waals surface area contributed by atoms with Crippen molar-refractivity contribution in [3.05, 3.63) is 30.3 Å². The maximum atomic E-state index is 4.12. The maximum Gasteiger partial charge on any atom is 0.247 e. The van der Waals surface area contributed by atoms with Crippen LogP contribution in [0.15, 0.2) is 30.3 Å². The van der Waals surface area contributed by atoms with Crippen LogP contribution in [0.4, 0.5) is 5.95 Å². The van der Waals surface area contributed by atoms with Crippen LogP contribution < -0.4 is 5.32 Å². The van der Waals surface area contributed by atoms with Gasteiger partial charge in [-0.3, -0.25) is 0 Å². The van der Waals surface area contributed by atoms with Crippen molar-refractivity contribution in [2.45, 2.75) is 32.2 Å². The lowest BCUT2D eigenvalue weighted by atomic mass is 10.1. The number of benzene rings is 1. The fourth-order valence-corrected chi connectivity index (χ4v) is 2.82. The molecule has 1 aliphatic heterocycles. The highest BCUT2D eigenvalue weighted by molar-refractivity contribution is 5.38. The van der Waals surface area contributed by atoms with Gasteiger partial charge in [-0.25, -0.2) is 0 Å². The molecule has 0 saturated carbocycles. The van der Waals surface area contributed by atoms with E-state index in [2.05, 4.69) is 32.7 Å². The van der Waals surface area contributed by atoms with Gasteiger partial charge < -0.3 is 10.2 Å². The molecule has 21 heavy (non-hydrogen) atoms. The Bertz CT molecular complexity index is 544. The molecular weight excluding hydrogens is 264 g/mol. The molecular formula is C15H22N6. The summed E-state index contributed by atoms with van der Waals surface area (Å²) < 4.78 is 1.76. The van der Waals surface area contributed by atoms with E-state index in [1.165, 1.54) is 13.0 Å². The van der Waals surface area contributed by atoms with Gasteiger partial charge >= 0.3 is 0 Å². The molecule has 0 bridgehead atoms. The smallest absolute Gasteiger partial charge is 0.247 e. The minimum absolute atomic E-state index is 0.451. The maximum absolute atomic E-state index is 4.12. The zero-order chi connectivity index (χ0) is 14.5. The number of aromatic nitrogens is 4. The topological polar surface area (TPSA) is 58.9 Å². The van der Waals surface area contributed by atoms with Gasteiger partial charge in [0.25, 0.3) is 0 Å². The molecule has 2 aromatic rings. The molecule has 0 radical (unpaired) electrons. The van der Waals surface area contributed by atoms with Crippen molar-refractivity contribution in [1.29, 1.82) is 0 Å². The second-order valence-electron chi connectivity index (χ2n) is 5.51. The largest absolute Gasteiger partial charge is 0.350 e. The lowest BCUT2D eigenvalue weighted by molar-refractivity contribution is 0.219. The van der Waals surface area contributed by atoms with Crippen LogP contribution in [0.5, 0.6) is 0 Å². The lowest BCUT2D eigenvalue weighted by Gasteiger charge is -2.32. The number of hydrogen-bond acceptors (Lipinski definition) is 5. The average Bonchev–Trinajstić information content (AvgIpc) is 2.98. The van der Waals surface area contributed by atoms with Crippen molar-refractivity contribution in [2.24, 2.45) is 0 Å². The molecule has 2 heterocycles. The van der Waals surface area contributed by atoms with Gasteiger partial charge in [-0.2, -0.15) is 4.68 Å². The SMILES string of the molecule is CCCN1CCC(Nc2nnnn2-c2ccccc2)CC1. The molecule has 112 valence electrons. The number of tetrazole rings is 1. The second kappa shape index (κ2) is 6.67. The summed E-state index contributed by atoms with van der Waals surface area (Å²) in [7, 11) is 0. The first-order valence-electron chi connectivity index (χ1n) is 7.69. The Morgan fingerprint density at radius 3 is 2.67 bits per heavy atom. The molecule has 0 spiro atoms. The molecule has 0 atom stereocenters. The number of likely N-dealkylation sites (tertiary alicyclic amines) is 1. The Balaban J connectivity index is 1.63. The van der Waals surface area contributed by atoms with Crippen molar-refractivity contribution in [1.82, 2.24) is 25.1 Å². The first-order chi connectivity index (χ1) is 10.4. The average molecular weight is 286 g/mol. The molecule has 0 unspecified atom stereocenters. The number of hydrogen-bond donors (Lipinski definition) is 1. The van der Waals surface area contributed by atoms with Gasteiger partial charge in [-0.1, -0.05) is 30.2 Å². The van der Waals surface area contributed by atoms with Crippen LogP contribution in [0, 0.1) is 0 Å². The number of rotatable bonds is 5. The summed E-state index contributed by atoms with van der Waals surface area (Å²) in [5, 5.41) is 15.5. The van der Waals surface area contributed by atoms with E-state index in [0.717, 1.165) is 37.6 Å². The molecule has 0 aliphatic carbocycles. The lowest BCUT2D eigenvalue weighted by Crippen LogP contribution is -2.39. The van der Waals surface area contributed by atoms with Crippen molar-refractivity contribution in [2.75, 3.05) is 25.0 Å². The predicted octanol–water partition coefficient (Wildman–Crippen LogP) is 1.95. The Labute approximate surface area is 125 Å². The number of para-hydroxylation sites is 1. The van der Waals surface area contributed by atoms with Crippen molar-refractivity contribution in [3.63, 3.8) is 0 Å². The summed E-state index contributed by atoms with van der Waals surface area (Å²) in [5.41, 5.74) is 0.980. The van der Waals surface area contributed by atoms with Gasteiger partial charge in [0.2, 0.25) is 5.95 Å². The van der Waals surface area contributed by atoms with Crippen molar-refractivity contribution >= 4 is 5.95 Å². The Morgan fingerprint density at radius 2 is 1.95 bits per heavy atom. The van der Waals surface area contributed by atoms with Crippen LogP contribution in [-0.2, 0) is 0 Å². The molecule has 0 amide bonds. The van der Waals surface area contributed by atoms with Gasteiger partial charge in [0.15, 0.2) is 0 Å². The summed E-state index contributed by atoms with van der Waals surface area (Å²) in [5.74, 6) is 0.732. The van der Waals surface area contributed by atoms with Crippen LogP contribution in [0.1, 0.15) is 26.2 Å². The molecule has 1 fully saturated rings. The van der Waals surface area contributed by atoms with Gasteiger partial charge in [0, 0.05) is 19.1 Å². The van der Waals surface area contributed by atoms with Gasteiger partial charge in [-0.05, 0) is 48.4 Å². The zero-order valence-electron chi connectivity index (χ0n) is 12.4. The van der Waals surface area contributed by atoms with Crippen molar-refractivity contribution < 1.29 is 0 Å². The molecule has 6 nitrogen and oxygen atoms in total. The minimum atomic E-state index is 0.451. The van der Waals surface area contributed by atoms with Crippen LogP contribution in [0.25, 0.3) is 5.69 Å².